The van der Waals surface area contributed by atoms with Gasteiger partial charge in [0.2, 0.25) is 5.91 Å². The molecule has 8 heteroatoms. The van der Waals surface area contributed by atoms with Crippen LogP contribution in [0.25, 0.3) is 0 Å². The summed E-state index contributed by atoms with van der Waals surface area (Å²) in [6.45, 7) is 0. The molecule has 0 bridgehead atoms. The summed E-state index contributed by atoms with van der Waals surface area (Å²) in [7, 11) is 2.69. The number of benzene rings is 1. The number of hydrogen-bond donors (Lipinski definition) is 2. The van der Waals surface area contributed by atoms with Gasteiger partial charge < -0.3 is 19.9 Å². The first-order valence-electron chi connectivity index (χ1n) is 7.00. The molecule has 2 N–H and O–H groups in total. The monoisotopic (exact) mass is 348 g/mol. The van der Waals surface area contributed by atoms with Crippen LogP contribution < -0.4 is 10.1 Å². The molecule has 1 atom stereocenters. The lowest BCUT2D eigenvalue weighted by atomic mass is 9.87. The molecule has 0 aliphatic carbocycles. The number of allylic oxidation sites excluding steroid dienone is 1. The molecule has 1 aliphatic rings. The summed E-state index contributed by atoms with van der Waals surface area (Å²) >= 11 is 1.05. The summed E-state index contributed by atoms with van der Waals surface area (Å²) in [5, 5.41) is 22.2. The minimum atomic E-state index is -0.474. The van der Waals surface area contributed by atoms with Crippen LogP contribution in [0.4, 0.5) is 0 Å². The molecule has 1 aromatic rings. The predicted octanol–water partition coefficient (Wildman–Crippen LogP) is 1.65. The number of esters is 1. The number of aromatic hydroxyl groups is 1. The topological polar surface area (TPSA) is 109 Å². The van der Waals surface area contributed by atoms with E-state index in [-0.39, 0.29) is 29.6 Å². The third kappa shape index (κ3) is 3.81. The average Bonchev–Trinajstić information content (AvgIpc) is 2.59. The van der Waals surface area contributed by atoms with Gasteiger partial charge in [-0.3, -0.25) is 9.59 Å². The summed E-state index contributed by atoms with van der Waals surface area (Å²) in [5.74, 6) is -0.948. The molecule has 2 rings (SSSR count). The van der Waals surface area contributed by atoms with Crippen molar-refractivity contribution in [2.45, 2.75) is 12.3 Å². The van der Waals surface area contributed by atoms with E-state index < -0.39 is 11.9 Å². The summed E-state index contributed by atoms with van der Waals surface area (Å²) in [6, 6.07) is 6.80. The third-order valence-corrected chi connectivity index (χ3v) is 4.51. The second-order valence-corrected chi connectivity index (χ2v) is 5.94. The minimum Gasteiger partial charge on any atom is -0.504 e. The van der Waals surface area contributed by atoms with Gasteiger partial charge in [0.15, 0.2) is 11.5 Å². The lowest BCUT2D eigenvalue weighted by molar-refractivity contribution is -0.137. The largest absolute Gasteiger partial charge is 0.504 e. The van der Waals surface area contributed by atoms with E-state index in [1.807, 2.05) is 0 Å². The number of methoxy groups -OCH3 is 2. The second kappa shape index (κ2) is 7.75. The number of hydrogen-bond acceptors (Lipinski definition) is 7. The van der Waals surface area contributed by atoms with Crippen molar-refractivity contribution in [3.05, 3.63) is 34.4 Å². The number of phenols is 1. The predicted molar refractivity (Wildman–Crippen MR) is 87.3 cm³/mol. The number of carbonyl (C=O) groups is 2. The number of ether oxygens (including phenoxy) is 2. The van der Waals surface area contributed by atoms with E-state index >= 15 is 0 Å². The van der Waals surface area contributed by atoms with E-state index in [0.717, 1.165) is 11.8 Å². The molecular formula is C16H16N2O5S. The average molecular weight is 348 g/mol. The van der Waals surface area contributed by atoms with Crippen molar-refractivity contribution in [2.75, 3.05) is 20.0 Å². The summed E-state index contributed by atoms with van der Waals surface area (Å²) < 4.78 is 9.65. The van der Waals surface area contributed by atoms with E-state index in [2.05, 4.69) is 16.1 Å². The molecule has 1 aromatic carbocycles. The fourth-order valence-corrected chi connectivity index (χ4v) is 3.23. The van der Waals surface area contributed by atoms with Gasteiger partial charge in [-0.05, 0) is 17.7 Å². The number of nitriles is 1. The van der Waals surface area contributed by atoms with Gasteiger partial charge in [-0.2, -0.15) is 5.26 Å². The van der Waals surface area contributed by atoms with Crippen LogP contribution in [0.5, 0.6) is 11.5 Å². The van der Waals surface area contributed by atoms with Gasteiger partial charge in [0.05, 0.1) is 36.6 Å². The van der Waals surface area contributed by atoms with E-state index in [1.54, 1.807) is 12.1 Å². The molecule has 0 radical (unpaired) electrons. The fraction of sp³-hybridized carbons (Fsp3) is 0.312. The molecule has 0 aromatic heterocycles. The first-order chi connectivity index (χ1) is 11.5. The van der Waals surface area contributed by atoms with E-state index in [9.17, 15) is 20.0 Å². The smallest absolute Gasteiger partial charge is 0.316 e. The van der Waals surface area contributed by atoms with Crippen LogP contribution in [-0.4, -0.2) is 37.0 Å². The van der Waals surface area contributed by atoms with Crippen molar-refractivity contribution >= 4 is 23.6 Å². The molecule has 1 heterocycles. The van der Waals surface area contributed by atoms with E-state index in [0.29, 0.717) is 16.2 Å². The lowest BCUT2D eigenvalue weighted by Gasteiger charge is -2.25. The number of phenolic OH excluding ortho intramolecular Hbond substituents is 1. The Kier molecular flexibility index (Phi) is 5.71. The van der Waals surface area contributed by atoms with E-state index in [1.165, 1.54) is 20.3 Å². The Morgan fingerprint density at radius 1 is 1.50 bits per heavy atom. The van der Waals surface area contributed by atoms with Gasteiger partial charge in [0, 0.05) is 12.3 Å². The normalized spacial score (nSPS) is 17.0. The van der Waals surface area contributed by atoms with Gasteiger partial charge in [-0.15, -0.1) is 0 Å². The van der Waals surface area contributed by atoms with Crippen LogP contribution in [0.2, 0.25) is 0 Å². The molecule has 7 nitrogen and oxygen atoms in total. The number of nitrogens with one attached hydrogen (secondary N) is 1. The molecular weight excluding hydrogens is 332 g/mol. The maximum atomic E-state index is 12.0. The minimum absolute atomic E-state index is 0.0110. The summed E-state index contributed by atoms with van der Waals surface area (Å²) in [4.78, 5) is 23.3. The van der Waals surface area contributed by atoms with Crippen molar-refractivity contribution in [2.24, 2.45) is 0 Å². The Morgan fingerprint density at radius 2 is 2.25 bits per heavy atom. The van der Waals surface area contributed by atoms with Crippen LogP contribution in [0.3, 0.4) is 0 Å². The highest BCUT2D eigenvalue weighted by atomic mass is 32.2. The Hall–Kier alpha value is -2.66. The quantitative estimate of drug-likeness (QED) is 0.779. The van der Waals surface area contributed by atoms with Gasteiger partial charge >= 0.3 is 5.97 Å². The van der Waals surface area contributed by atoms with E-state index in [4.69, 9.17) is 4.74 Å². The van der Waals surface area contributed by atoms with Crippen LogP contribution in [0.1, 0.15) is 17.9 Å². The Balaban J connectivity index is 2.38. The highest BCUT2D eigenvalue weighted by Crippen LogP contribution is 2.38. The first-order valence-corrected chi connectivity index (χ1v) is 7.99. The molecule has 0 unspecified atom stereocenters. The van der Waals surface area contributed by atoms with Gasteiger partial charge in [-0.1, -0.05) is 17.8 Å². The standard InChI is InChI=1S/C16H16N2O5S/c1-22-13-5-9(3-4-12(13)19)10-6-14(20)18-16(11(10)7-17)24-8-15(21)23-2/h3-5,10,19H,6,8H2,1-2H3,(H,18,20)/t10-/m0/s1. The van der Waals surface area contributed by atoms with Crippen LogP contribution in [-0.2, 0) is 14.3 Å². The maximum absolute atomic E-state index is 12.0. The molecule has 24 heavy (non-hydrogen) atoms. The molecule has 1 amide bonds. The highest BCUT2D eigenvalue weighted by molar-refractivity contribution is 8.03. The zero-order valence-electron chi connectivity index (χ0n) is 13.2. The zero-order valence-corrected chi connectivity index (χ0v) is 14.0. The molecule has 0 fully saturated rings. The van der Waals surface area contributed by atoms with Gasteiger partial charge in [-0.25, -0.2) is 0 Å². The van der Waals surface area contributed by atoms with Crippen molar-refractivity contribution in [3.63, 3.8) is 0 Å². The third-order valence-electron chi connectivity index (χ3n) is 3.52. The number of rotatable bonds is 5. The van der Waals surface area contributed by atoms with Crippen LogP contribution in [0.15, 0.2) is 28.8 Å². The molecule has 0 saturated carbocycles. The second-order valence-electron chi connectivity index (χ2n) is 4.96. The Morgan fingerprint density at radius 3 is 2.88 bits per heavy atom. The van der Waals surface area contributed by atoms with Crippen molar-refractivity contribution in [3.8, 4) is 17.6 Å². The summed E-state index contributed by atoms with van der Waals surface area (Å²) in [6.07, 6.45) is 0.0963. The number of amides is 1. The zero-order chi connectivity index (χ0) is 17.7. The number of thioether (sulfide) groups is 1. The van der Waals surface area contributed by atoms with Crippen LogP contribution >= 0.6 is 11.8 Å². The van der Waals surface area contributed by atoms with Crippen molar-refractivity contribution < 1.29 is 24.2 Å². The van der Waals surface area contributed by atoms with Crippen molar-refractivity contribution in [1.82, 2.24) is 5.32 Å². The molecule has 126 valence electrons. The Labute approximate surface area is 143 Å². The number of carbonyl (C=O) groups excluding carboxylic acids is 2. The van der Waals surface area contributed by atoms with Gasteiger partial charge in [0.1, 0.15) is 0 Å². The Bertz CT molecular complexity index is 738. The van der Waals surface area contributed by atoms with Crippen molar-refractivity contribution in [1.29, 1.82) is 5.26 Å². The highest BCUT2D eigenvalue weighted by Gasteiger charge is 2.30. The van der Waals surface area contributed by atoms with Crippen LogP contribution in [0, 0.1) is 11.3 Å². The SMILES string of the molecule is COC(=O)CSC1=C(C#N)[C@H](c2ccc(O)c(OC)c2)CC(=O)N1. The fourth-order valence-electron chi connectivity index (χ4n) is 2.32. The van der Waals surface area contributed by atoms with Gasteiger partial charge in [0.25, 0.3) is 0 Å². The lowest BCUT2D eigenvalue weighted by Crippen LogP contribution is -2.31. The maximum Gasteiger partial charge on any atom is 0.316 e. The molecule has 0 saturated heterocycles. The summed E-state index contributed by atoms with van der Waals surface area (Å²) in [5.41, 5.74) is 1.03. The number of nitrogens with zero attached hydrogens (tertiary/aromatic N) is 1. The molecule has 1 aliphatic heterocycles. The molecule has 0 spiro atoms. The first kappa shape index (κ1) is 17.7.